The van der Waals surface area contributed by atoms with Gasteiger partial charge in [-0.05, 0) is 74.4 Å². The zero-order chi connectivity index (χ0) is 24.4. The van der Waals surface area contributed by atoms with Gasteiger partial charge in [-0.15, -0.1) is 0 Å². The van der Waals surface area contributed by atoms with Crippen LogP contribution in [0.4, 0.5) is 4.39 Å². The second-order valence-corrected chi connectivity index (χ2v) is 8.88. The van der Waals surface area contributed by atoms with Crippen LogP contribution in [0.2, 0.25) is 0 Å². The number of nitrogens with zero attached hydrogens (tertiary/aromatic N) is 2. The Hall–Kier alpha value is -3.19. The van der Waals surface area contributed by atoms with Crippen LogP contribution in [-0.2, 0) is 16.0 Å². The maximum atomic E-state index is 13.6. The number of carbonyl (C=O) groups excluding carboxylic acids is 2. The van der Waals surface area contributed by atoms with Gasteiger partial charge in [-0.1, -0.05) is 26.0 Å². The summed E-state index contributed by atoms with van der Waals surface area (Å²) in [5, 5.41) is 11.3. The summed E-state index contributed by atoms with van der Waals surface area (Å²) in [6, 6.07) is 10.2. The highest BCUT2D eigenvalue weighted by Gasteiger charge is 2.45. The summed E-state index contributed by atoms with van der Waals surface area (Å²) in [6.45, 7) is 9.07. The minimum absolute atomic E-state index is 0.0337. The van der Waals surface area contributed by atoms with Gasteiger partial charge >= 0.3 is 0 Å². The Balaban J connectivity index is 1.72. The van der Waals surface area contributed by atoms with Gasteiger partial charge < -0.3 is 19.6 Å². The fraction of sp³-hybridized carbons (Fsp3) is 0.407. The van der Waals surface area contributed by atoms with Crippen LogP contribution in [-0.4, -0.2) is 58.9 Å². The van der Waals surface area contributed by atoms with Crippen molar-refractivity contribution >= 4 is 17.4 Å². The molecule has 7 heteroatoms. The van der Waals surface area contributed by atoms with Crippen LogP contribution in [0.5, 0.6) is 5.75 Å². The molecule has 2 unspecified atom stereocenters. The zero-order valence-electron chi connectivity index (χ0n) is 19.9. The maximum Gasteiger partial charge on any atom is 0.295 e. The van der Waals surface area contributed by atoms with Crippen LogP contribution in [0.15, 0.2) is 48.0 Å². The molecule has 2 atom stereocenters. The number of fused-ring (bicyclic) bond motifs is 1. The molecule has 2 aromatic carbocycles. The van der Waals surface area contributed by atoms with Gasteiger partial charge in [0.05, 0.1) is 11.6 Å². The van der Waals surface area contributed by atoms with Crippen LogP contribution in [0.3, 0.4) is 0 Å². The van der Waals surface area contributed by atoms with Crippen LogP contribution >= 0.6 is 0 Å². The fourth-order valence-corrected chi connectivity index (χ4v) is 4.83. The van der Waals surface area contributed by atoms with Crippen molar-refractivity contribution in [2.75, 3.05) is 26.2 Å². The molecule has 1 N–H and O–H groups in total. The Labute approximate surface area is 199 Å². The molecule has 0 aliphatic carbocycles. The summed E-state index contributed by atoms with van der Waals surface area (Å²) in [7, 11) is 0. The molecule has 2 aliphatic heterocycles. The fourth-order valence-electron chi connectivity index (χ4n) is 4.83. The van der Waals surface area contributed by atoms with E-state index in [4.69, 9.17) is 4.74 Å². The number of carbonyl (C=O) groups is 2. The van der Waals surface area contributed by atoms with Crippen LogP contribution in [0, 0.1) is 5.82 Å². The van der Waals surface area contributed by atoms with Crippen LogP contribution < -0.4 is 4.74 Å². The third-order valence-corrected chi connectivity index (χ3v) is 6.66. The molecular weight excluding hydrogens is 435 g/mol. The standard InChI is InChI=1S/C27H31FN2O4/c1-4-29(5-2)13-6-14-30-24(18-7-10-21(28)11-8-18)23(26(32)27(30)33)25(31)19-9-12-22-20(16-19)15-17(3)34-22/h7-12,16-17,24,31H,4-6,13-15H2,1-3H3. The highest BCUT2D eigenvalue weighted by molar-refractivity contribution is 6.46. The molecule has 4 rings (SSSR count). The van der Waals surface area contributed by atoms with Crippen LogP contribution in [0.25, 0.3) is 5.76 Å². The lowest BCUT2D eigenvalue weighted by atomic mass is 9.94. The van der Waals surface area contributed by atoms with Gasteiger partial charge in [-0.3, -0.25) is 9.59 Å². The topological polar surface area (TPSA) is 70.1 Å². The van der Waals surface area contributed by atoms with Gasteiger partial charge in [-0.2, -0.15) is 0 Å². The summed E-state index contributed by atoms with van der Waals surface area (Å²) in [4.78, 5) is 30.0. The molecule has 0 bridgehead atoms. The number of likely N-dealkylation sites (tertiary alicyclic amines) is 1. The number of halogens is 1. The number of hydrogen-bond acceptors (Lipinski definition) is 5. The summed E-state index contributed by atoms with van der Waals surface area (Å²) in [5.41, 5.74) is 2.03. The molecule has 1 saturated heterocycles. The monoisotopic (exact) mass is 466 g/mol. The normalized spacial score (nSPS) is 21.3. The second-order valence-electron chi connectivity index (χ2n) is 8.88. The van der Waals surface area contributed by atoms with Gasteiger partial charge in [-0.25, -0.2) is 4.39 Å². The lowest BCUT2D eigenvalue weighted by Gasteiger charge is -2.26. The Morgan fingerprint density at radius 3 is 2.53 bits per heavy atom. The number of aliphatic hydroxyl groups excluding tert-OH is 1. The van der Waals surface area contributed by atoms with Crippen molar-refractivity contribution in [2.45, 2.75) is 45.8 Å². The van der Waals surface area contributed by atoms with Gasteiger partial charge in [0.2, 0.25) is 0 Å². The van der Waals surface area contributed by atoms with Gasteiger partial charge in [0.15, 0.2) is 0 Å². The molecule has 1 fully saturated rings. The Kier molecular flexibility index (Phi) is 7.03. The number of rotatable bonds is 8. The van der Waals surface area contributed by atoms with E-state index >= 15 is 0 Å². The highest BCUT2D eigenvalue weighted by Crippen LogP contribution is 2.40. The average molecular weight is 467 g/mol. The third kappa shape index (κ3) is 4.57. The van der Waals surface area contributed by atoms with E-state index in [-0.39, 0.29) is 17.4 Å². The molecule has 0 saturated carbocycles. The second kappa shape index (κ2) is 9.97. The molecule has 180 valence electrons. The number of aliphatic hydroxyl groups is 1. The van der Waals surface area contributed by atoms with E-state index in [0.29, 0.717) is 30.5 Å². The van der Waals surface area contributed by atoms with Crippen molar-refractivity contribution in [1.82, 2.24) is 9.80 Å². The van der Waals surface area contributed by atoms with Crippen molar-refractivity contribution in [3.05, 3.63) is 70.5 Å². The van der Waals surface area contributed by atoms with Crippen molar-refractivity contribution in [3.63, 3.8) is 0 Å². The predicted octanol–water partition coefficient (Wildman–Crippen LogP) is 4.30. The van der Waals surface area contributed by atoms with Crippen molar-refractivity contribution < 1.29 is 23.8 Å². The maximum absolute atomic E-state index is 13.6. The largest absolute Gasteiger partial charge is 0.507 e. The summed E-state index contributed by atoms with van der Waals surface area (Å²) in [5.74, 6) is -1.24. The summed E-state index contributed by atoms with van der Waals surface area (Å²) >= 11 is 0. The number of Topliss-reactive ketones (excluding diaryl/α,β-unsaturated/α-hetero) is 1. The quantitative estimate of drug-likeness (QED) is 0.357. The number of hydrogen-bond donors (Lipinski definition) is 1. The molecule has 2 aromatic rings. The SMILES string of the molecule is CCN(CC)CCCN1C(=O)C(=O)C(=C(O)c2ccc3c(c2)CC(C)O3)C1c1ccc(F)cc1. The number of amides is 1. The first-order valence-corrected chi connectivity index (χ1v) is 11.9. The van der Waals surface area contributed by atoms with E-state index in [1.807, 2.05) is 13.0 Å². The number of ether oxygens (including phenoxy) is 1. The molecule has 6 nitrogen and oxygen atoms in total. The highest BCUT2D eigenvalue weighted by atomic mass is 19.1. The molecule has 0 spiro atoms. The average Bonchev–Trinajstić information content (AvgIpc) is 3.32. The molecule has 1 amide bonds. The first kappa shape index (κ1) is 24.0. The Morgan fingerprint density at radius 2 is 1.85 bits per heavy atom. The van der Waals surface area contributed by atoms with Crippen molar-refractivity contribution in [3.8, 4) is 5.75 Å². The van der Waals surface area contributed by atoms with E-state index in [1.165, 1.54) is 17.0 Å². The molecule has 34 heavy (non-hydrogen) atoms. The zero-order valence-corrected chi connectivity index (χ0v) is 19.9. The van der Waals surface area contributed by atoms with E-state index in [0.717, 1.165) is 30.9 Å². The van der Waals surface area contributed by atoms with Crippen molar-refractivity contribution in [2.24, 2.45) is 0 Å². The molecule has 0 aromatic heterocycles. The van der Waals surface area contributed by atoms with Crippen molar-refractivity contribution in [1.29, 1.82) is 0 Å². The first-order valence-electron chi connectivity index (χ1n) is 11.9. The van der Waals surface area contributed by atoms with E-state index in [9.17, 15) is 19.1 Å². The lowest BCUT2D eigenvalue weighted by Crippen LogP contribution is -2.33. The minimum Gasteiger partial charge on any atom is -0.507 e. The smallest absolute Gasteiger partial charge is 0.295 e. The molecular formula is C27H31FN2O4. The molecule has 2 aliphatic rings. The van der Waals surface area contributed by atoms with Gasteiger partial charge in [0, 0.05) is 18.5 Å². The van der Waals surface area contributed by atoms with Gasteiger partial charge in [0.25, 0.3) is 11.7 Å². The predicted molar refractivity (Wildman–Crippen MR) is 128 cm³/mol. The third-order valence-electron chi connectivity index (χ3n) is 6.66. The summed E-state index contributed by atoms with van der Waals surface area (Å²) < 4.78 is 19.4. The molecule has 0 radical (unpaired) electrons. The summed E-state index contributed by atoms with van der Waals surface area (Å²) in [6.07, 6.45) is 1.43. The Morgan fingerprint density at radius 1 is 1.15 bits per heavy atom. The first-order chi connectivity index (χ1) is 16.3. The van der Waals surface area contributed by atoms with Gasteiger partial charge in [0.1, 0.15) is 23.4 Å². The van der Waals surface area contributed by atoms with E-state index in [2.05, 4.69) is 18.7 Å². The Bertz CT molecular complexity index is 1110. The number of ketones is 1. The minimum atomic E-state index is -0.777. The van der Waals surface area contributed by atoms with Crippen LogP contribution in [0.1, 0.15) is 49.9 Å². The number of benzene rings is 2. The molecule has 2 heterocycles. The van der Waals surface area contributed by atoms with E-state index < -0.39 is 23.5 Å². The lowest BCUT2D eigenvalue weighted by molar-refractivity contribution is -0.140. The van der Waals surface area contributed by atoms with E-state index in [1.54, 1.807) is 24.3 Å².